The summed E-state index contributed by atoms with van der Waals surface area (Å²) in [5.74, 6) is -0.612. The number of hydrogen-bond acceptors (Lipinski definition) is 3. The van der Waals surface area contributed by atoms with Crippen LogP contribution in [0.5, 0.6) is 0 Å². The normalized spacial score (nSPS) is 16.6. The van der Waals surface area contributed by atoms with E-state index >= 15 is 0 Å². The van der Waals surface area contributed by atoms with Crippen molar-refractivity contribution in [2.24, 2.45) is 5.92 Å². The van der Waals surface area contributed by atoms with Gasteiger partial charge in [0.15, 0.2) is 11.6 Å². The van der Waals surface area contributed by atoms with Crippen molar-refractivity contribution in [2.75, 3.05) is 5.32 Å². The highest BCUT2D eigenvalue weighted by atomic mass is 16.2. The fourth-order valence-electron chi connectivity index (χ4n) is 2.89. The van der Waals surface area contributed by atoms with Gasteiger partial charge in [0.25, 0.3) is 0 Å². The van der Waals surface area contributed by atoms with Gasteiger partial charge in [0.2, 0.25) is 5.91 Å². The molecule has 0 saturated carbocycles. The second kappa shape index (κ2) is 6.16. The van der Waals surface area contributed by atoms with Gasteiger partial charge in [-0.1, -0.05) is 36.4 Å². The molecule has 4 nitrogen and oxygen atoms in total. The average Bonchev–Trinajstić information content (AvgIpc) is 2.55. The first kappa shape index (κ1) is 15.2. The van der Waals surface area contributed by atoms with Crippen molar-refractivity contribution in [2.45, 2.75) is 19.8 Å². The molecule has 116 valence electrons. The van der Waals surface area contributed by atoms with Gasteiger partial charge in [0.1, 0.15) is 0 Å². The number of rotatable bonds is 3. The van der Waals surface area contributed by atoms with Crippen molar-refractivity contribution >= 4 is 23.2 Å². The molecular weight excluding hydrogens is 290 g/mol. The van der Waals surface area contributed by atoms with Gasteiger partial charge in [-0.2, -0.15) is 0 Å². The highest BCUT2D eigenvalue weighted by Crippen LogP contribution is 2.26. The lowest BCUT2D eigenvalue weighted by molar-refractivity contribution is -0.119. The molecule has 0 aliphatic heterocycles. The zero-order valence-corrected chi connectivity index (χ0v) is 12.8. The first-order chi connectivity index (χ1) is 11.0. The number of nitrogens with one attached hydrogen (secondary N) is 1. The topological polar surface area (TPSA) is 63.2 Å². The summed E-state index contributed by atoms with van der Waals surface area (Å²) in [6, 6.07) is 14.2. The third kappa shape index (κ3) is 3.21. The maximum absolute atomic E-state index is 12.5. The smallest absolute Gasteiger partial charge is 0.228 e. The zero-order valence-electron chi connectivity index (χ0n) is 12.8. The average molecular weight is 307 g/mol. The lowest BCUT2D eigenvalue weighted by Crippen LogP contribution is -2.30. The Bertz CT molecular complexity index is 795. The fourth-order valence-corrected chi connectivity index (χ4v) is 2.89. The maximum atomic E-state index is 12.5. The van der Waals surface area contributed by atoms with Crippen LogP contribution in [0, 0.1) is 5.92 Å². The number of amides is 1. The van der Waals surface area contributed by atoms with Crippen molar-refractivity contribution < 1.29 is 14.4 Å². The Morgan fingerprint density at radius 1 is 1.04 bits per heavy atom. The highest BCUT2D eigenvalue weighted by Gasteiger charge is 2.29. The van der Waals surface area contributed by atoms with Crippen LogP contribution in [0.1, 0.15) is 39.6 Å². The third-order valence-electron chi connectivity index (χ3n) is 4.12. The summed E-state index contributed by atoms with van der Waals surface area (Å²) in [7, 11) is 0. The first-order valence-electron chi connectivity index (χ1n) is 7.57. The van der Waals surface area contributed by atoms with Gasteiger partial charge < -0.3 is 5.32 Å². The van der Waals surface area contributed by atoms with Crippen LogP contribution in [0.25, 0.3) is 0 Å². The van der Waals surface area contributed by atoms with Gasteiger partial charge >= 0.3 is 0 Å². The highest BCUT2D eigenvalue weighted by molar-refractivity contribution is 6.04. The van der Waals surface area contributed by atoms with E-state index in [1.807, 2.05) is 24.3 Å². The first-order valence-corrected chi connectivity index (χ1v) is 7.57. The Balaban J connectivity index is 1.76. The quantitative estimate of drug-likeness (QED) is 0.885. The van der Waals surface area contributed by atoms with Crippen LogP contribution in [0.15, 0.2) is 48.5 Å². The minimum Gasteiger partial charge on any atom is -0.326 e. The monoisotopic (exact) mass is 307 g/mol. The van der Waals surface area contributed by atoms with E-state index in [0.717, 1.165) is 11.1 Å². The van der Waals surface area contributed by atoms with E-state index in [2.05, 4.69) is 5.32 Å². The number of anilines is 1. The molecule has 0 bridgehead atoms. The van der Waals surface area contributed by atoms with E-state index < -0.39 is 0 Å². The summed E-state index contributed by atoms with van der Waals surface area (Å²) in [5.41, 5.74) is 2.76. The Kier molecular flexibility index (Phi) is 4.06. The van der Waals surface area contributed by atoms with Crippen LogP contribution in [-0.4, -0.2) is 17.5 Å². The summed E-state index contributed by atoms with van der Waals surface area (Å²) < 4.78 is 0. The van der Waals surface area contributed by atoms with Crippen LogP contribution in [0.2, 0.25) is 0 Å². The van der Waals surface area contributed by atoms with Crippen LogP contribution >= 0.6 is 0 Å². The van der Waals surface area contributed by atoms with Gasteiger partial charge in [-0.25, -0.2) is 0 Å². The maximum Gasteiger partial charge on any atom is 0.228 e. The number of Topliss-reactive ketones (excluding diaryl/α,β-unsaturated/α-hetero) is 2. The predicted molar refractivity (Wildman–Crippen MR) is 87.7 cm³/mol. The largest absolute Gasteiger partial charge is 0.326 e. The number of carbonyl (C=O) groups excluding carboxylic acids is 3. The Labute approximate surface area is 134 Å². The zero-order chi connectivity index (χ0) is 16.4. The minimum absolute atomic E-state index is 0.00415. The van der Waals surface area contributed by atoms with E-state index in [1.165, 1.54) is 6.92 Å². The van der Waals surface area contributed by atoms with E-state index in [4.69, 9.17) is 0 Å². The summed E-state index contributed by atoms with van der Waals surface area (Å²) in [6.07, 6.45) is 0.773. The molecule has 1 amide bonds. The van der Waals surface area contributed by atoms with Crippen LogP contribution in [0.3, 0.4) is 0 Å². The Hall–Kier alpha value is -2.75. The van der Waals surface area contributed by atoms with Crippen molar-refractivity contribution in [3.05, 3.63) is 65.2 Å². The molecular formula is C19H17NO3. The molecule has 1 atom stereocenters. The molecule has 1 aliphatic carbocycles. The van der Waals surface area contributed by atoms with Gasteiger partial charge in [0.05, 0.1) is 0 Å². The summed E-state index contributed by atoms with van der Waals surface area (Å²) in [5, 5.41) is 2.81. The molecule has 1 unspecified atom stereocenters. The van der Waals surface area contributed by atoms with Crippen molar-refractivity contribution in [3.8, 4) is 0 Å². The molecule has 0 aromatic heterocycles. The van der Waals surface area contributed by atoms with E-state index in [1.54, 1.807) is 24.3 Å². The van der Waals surface area contributed by atoms with Crippen molar-refractivity contribution in [1.82, 2.24) is 0 Å². The van der Waals surface area contributed by atoms with E-state index in [9.17, 15) is 14.4 Å². The fraction of sp³-hybridized carbons (Fsp3) is 0.211. The molecule has 0 saturated heterocycles. The molecule has 1 aliphatic rings. The molecule has 1 N–H and O–H groups in total. The number of fused-ring (bicyclic) bond motifs is 1. The molecule has 2 aromatic rings. The predicted octanol–water partition coefficient (Wildman–Crippen LogP) is 3.27. The minimum atomic E-state index is -0.376. The second-order valence-corrected chi connectivity index (χ2v) is 5.81. The number of benzene rings is 2. The number of ketones is 2. The van der Waals surface area contributed by atoms with Gasteiger partial charge in [0, 0.05) is 29.2 Å². The van der Waals surface area contributed by atoms with Gasteiger partial charge in [-0.15, -0.1) is 0 Å². The van der Waals surface area contributed by atoms with Crippen LogP contribution < -0.4 is 5.32 Å². The Morgan fingerprint density at radius 3 is 2.61 bits per heavy atom. The number of hydrogen-bond donors (Lipinski definition) is 1. The molecule has 23 heavy (non-hydrogen) atoms. The number of carbonyl (C=O) groups is 3. The van der Waals surface area contributed by atoms with Crippen LogP contribution in [-0.2, 0) is 11.2 Å². The lowest BCUT2D eigenvalue weighted by Gasteiger charge is -2.22. The van der Waals surface area contributed by atoms with E-state index in [-0.39, 0.29) is 29.8 Å². The molecule has 3 rings (SSSR count). The van der Waals surface area contributed by atoms with Gasteiger partial charge in [-0.05, 0) is 31.0 Å². The molecule has 2 aromatic carbocycles. The van der Waals surface area contributed by atoms with E-state index in [0.29, 0.717) is 17.7 Å². The summed E-state index contributed by atoms with van der Waals surface area (Å²) in [6.45, 7) is 1.48. The molecule has 4 heteroatoms. The standard InChI is InChI=1S/C19H17NO3/c1-12(21)13-6-4-7-16(10-13)20-19(23)15-9-14-5-2-3-8-17(14)18(22)11-15/h2-8,10,15H,9,11H2,1H3,(H,20,23). The second-order valence-electron chi connectivity index (χ2n) is 5.81. The molecule has 0 heterocycles. The summed E-state index contributed by atoms with van der Waals surface area (Å²) >= 11 is 0. The third-order valence-corrected chi connectivity index (χ3v) is 4.12. The Morgan fingerprint density at radius 2 is 1.83 bits per heavy atom. The molecule has 0 spiro atoms. The van der Waals surface area contributed by atoms with Crippen molar-refractivity contribution in [3.63, 3.8) is 0 Å². The molecule has 0 fully saturated rings. The lowest BCUT2D eigenvalue weighted by atomic mass is 9.82. The summed E-state index contributed by atoms with van der Waals surface area (Å²) in [4.78, 5) is 36.0. The SMILES string of the molecule is CC(=O)c1cccc(NC(=O)C2CC(=O)c3ccccc3C2)c1. The van der Waals surface area contributed by atoms with Gasteiger partial charge in [-0.3, -0.25) is 14.4 Å². The van der Waals surface area contributed by atoms with Crippen LogP contribution in [0.4, 0.5) is 5.69 Å². The van der Waals surface area contributed by atoms with Crippen molar-refractivity contribution in [1.29, 1.82) is 0 Å². The molecule has 0 radical (unpaired) electrons.